The van der Waals surface area contributed by atoms with Crippen molar-refractivity contribution in [2.45, 2.75) is 51.5 Å². The number of aliphatic hydroxyl groups is 1. The highest BCUT2D eigenvalue weighted by atomic mass is 16.3. The highest BCUT2D eigenvalue weighted by Gasteiger charge is 2.30. The molecule has 2 aliphatic heterocycles. The first-order chi connectivity index (χ1) is 11.7. The van der Waals surface area contributed by atoms with Crippen molar-refractivity contribution in [2.75, 3.05) is 24.6 Å². The average molecular weight is 330 g/mol. The zero-order valence-corrected chi connectivity index (χ0v) is 14.3. The van der Waals surface area contributed by atoms with Crippen LogP contribution in [0.25, 0.3) is 0 Å². The number of rotatable bonds is 5. The maximum Gasteiger partial charge on any atom is 0.254 e. The van der Waals surface area contributed by atoms with Crippen LogP contribution in [0.1, 0.15) is 54.9 Å². The Morgan fingerprint density at radius 3 is 2.88 bits per heavy atom. The Bertz CT molecular complexity index is 629. The Balaban J connectivity index is 1.76. The second-order valence-corrected chi connectivity index (χ2v) is 6.65. The molecule has 0 radical (unpaired) electrons. The molecule has 2 heterocycles. The van der Waals surface area contributed by atoms with E-state index in [2.05, 4.69) is 0 Å². The first-order valence-corrected chi connectivity index (χ1v) is 9.00. The van der Waals surface area contributed by atoms with Crippen LogP contribution < -0.4 is 4.90 Å². The van der Waals surface area contributed by atoms with Crippen LogP contribution in [0.4, 0.5) is 5.69 Å². The molecule has 1 saturated heterocycles. The van der Waals surface area contributed by atoms with Gasteiger partial charge >= 0.3 is 0 Å². The number of carbonyl (C=O) groups excluding carboxylic acids is 2. The summed E-state index contributed by atoms with van der Waals surface area (Å²) in [6.45, 7) is 3.56. The maximum atomic E-state index is 12.9. The third kappa shape index (κ3) is 3.18. The average Bonchev–Trinajstić information content (AvgIpc) is 3.24. The Morgan fingerprint density at radius 1 is 1.29 bits per heavy atom. The van der Waals surface area contributed by atoms with Crippen LogP contribution in [0, 0.1) is 0 Å². The zero-order valence-electron chi connectivity index (χ0n) is 14.3. The van der Waals surface area contributed by atoms with Gasteiger partial charge in [-0.05, 0) is 55.9 Å². The predicted octanol–water partition coefficient (Wildman–Crippen LogP) is 2.36. The van der Waals surface area contributed by atoms with Gasteiger partial charge in [0.25, 0.3) is 5.91 Å². The number of likely N-dealkylation sites (tertiary alicyclic amines) is 1. The molecular weight excluding hydrogens is 304 g/mol. The summed E-state index contributed by atoms with van der Waals surface area (Å²) in [6, 6.07) is 5.98. The van der Waals surface area contributed by atoms with Gasteiger partial charge in [-0.3, -0.25) is 9.59 Å². The smallest absolute Gasteiger partial charge is 0.254 e. The lowest BCUT2D eigenvalue weighted by atomic mass is 10.1. The molecule has 0 aromatic heterocycles. The number of carbonyl (C=O) groups is 2. The van der Waals surface area contributed by atoms with Crippen LogP contribution in [0.3, 0.4) is 0 Å². The zero-order chi connectivity index (χ0) is 17.1. The van der Waals surface area contributed by atoms with Gasteiger partial charge in [0, 0.05) is 43.4 Å². The van der Waals surface area contributed by atoms with E-state index in [1.54, 1.807) is 0 Å². The lowest BCUT2D eigenvalue weighted by molar-refractivity contribution is -0.118. The molecule has 24 heavy (non-hydrogen) atoms. The minimum Gasteiger partial charge on any atom is -0.396 e. The van der Waals surface area contributed by atoms with Crippen molar-refractivity contribution in [1.82, 2.24) is 4.90 Å². The molecule has 0 bridgehead atoms. The van der Waals surface area contributed by atoms with E-state index in [1.165, 1.54) is 0 Å². The quantitative estimate of drug-likeness (QED) is 0.901. The second-order valence-electron chi connectivity index (χ2n) is 6.65. The standard InChI is InChI=1S/C19H26N2O3/c1-2-18(23)21-11-9-14-13-15(7-8-17(14)21)19(24)20-10-3-5-16(20)6-4-12-22/h7-8,13,16,22H,2-6,9-12H2,1H3. The molecule has 0 saturated carbocycles. The third-order valence-electron chi connectivity index (χ3n) is 5.16. The number of amides is 2. The number of hydrogen-bond donors (Lipinski definition) is 1. The molecule has 5 nitrogen and oxygen atoms in total. The summed E-state index contributed by atoms with van der Waals surface area (Å²) in [4.78, 5) is 28.6. The summed E-state index contributed by atoms with van der Waals surface area (Å²) in [5, 5.41) is 9.03. The molecular formula is C19H26N2O3. The van der Waals surface area contributed by atoms with Crippen LogP contribution >= 0.6 is 0 Å². The normalized spacial score (nSPS) is 19.7. The van der Waals surface area contributed by atoms with Crippen LogP contribution in [0.15, 0.2) is 18.2 Å². The third-order valence-corrected chi connectivity index (χ3v) is 5.16. The Kier molecular flexibility index (Phi) is 5.19. The van der Waals surface area contributed by atoms with Crippen molar-refractivity contribution in [1.29, 1.82) is 0 Å². The minimum absolute atomic E-state index is 0.0820. The molecule has 1 aromatic carbocycles. The molecule has 0 spiro atoms. The summed E-state index contributed by atoms with van der Waals surface area (Å²) >= 11 is 0. The summed E-state index contributed by atoms with van der Waals surface area (Å²) < 4.78 is 0. The highest BCUT2D eigenvalue weighted by molar-refractivity contribution is 5.98. The van der Waals surface area contributed by atoms with Crippen LogP contribution in [0.2, 0.25) is 0 Å². The monoisotopic (exact) mass is 330 g/mol. The minimum atomic E-state index is 0.0820. The molecule has 1 fully saturated rings. The molecule has 0 aliphatic carbocycles. The second kappa shape index (κ2) is 7.34. The van der Waals surface area contributed by atoms with Crippen molar-refractivity contribution in [2.24, 2.45) is 0 Å². The van der Waals surface area contributed by atoms with Crippen molar-refractivity contribution in [3.8, 4) is 0 Å². The molecule has 3 rings (SSSR count). The summed E-state index contributed by atoms with van der Waals surface area (Å²) in [5.41, 5.74) is 2.76. The van der Waals surface area contributed by atoms with Gasteiger partial charge in [0.1, 0.15) is 0 Å². The Hall–Kier alpha value is -1.88. The maximum absolute atomic E-state index is 12.9. The molecule has 5 heteroatoms. The van der Waals surface area contributed by atoms with E-state index >= 15 is 0 Å². The molecule has 2 aliphatic rings. The van der Waals surface area contributed by atoms with E-state index in [1.807, 2.05) is 34.9 Å². The Labute approximate surface area is 143 Å². The van der Waals surface area contributed by atoms with Crippen molar-refractivity contribution >= 4 is 17.5 Å². The van der Waals surface area contributed by atoms with Crippen LogP contribution in [-0.2, 0) is 11.2 Å². The molecule has 2 amide bonds. The van der Waals surface area contributed by atoms with Crippen LogP contribution in [-0.4, -0.2) is 47.6 Å². The van der Waals surface area contributed by atoms with E-state index in [0.717, 1.165) is 55.5 Å². The van der Waals surface area contributed by atoms with Gasteiger partial charge < -0.3 is 14.9 Å². The Morgan fingerprint density at radius 2 is 2.12 bits per heavy atom. The molecule has 1 aromatic rings. The van der Waals surface area contributed by atoms with Gasteiger partial charge in [0.2, 0.25) is 5.91 Å². The van der Waals surface area contributed by atoms with Gasteiger partial charge in [-0.2, -0.15) is 0 Å². The molecule has 1 N–H and O–H groups in total. The van der Waals surface area contributed by atoms with E-state index in [-0.39, 0.29) is 24.5 Å². The summed E-state index contributed by atoms with van der Waals surface area (Å²) in [6.07, 6.45) is 4.98. The van der Waals surface area contributed by atoms with Gasteiger partial charge in [0.05, 0.1) is 0 Å². The molecule has 1 unspecified atom stereocenters. The number of fused-ring (bicyclic) bond motifs is 1. The van der Waals surface area contributed by atoms with E-state index in [9.17, 15) is 9.59 Å². The van der Waals surface area contributed by atoms with Crippen molar-refractivity contribution in [3.05, 3.63) is 29.3 Å². The van der Waals surface area contributed by atoms with Gasteiger partial charge in [0.15, 0.2) is 0 Å². The topological polar surface area (TPSA) is 60.9 Å². The highest BCUT2D eigenvalue weighted by Crippen LogP contribution is 2.31. The lowest BCUT2D eigenvalue weighted by Gasteiger charge is -2.25. The number of benzene rings is 1. The van der Waals surface area contributed by atoms with Crippen LogP contribution in [0.5, 0.6) is 0 Å². The lowest BCUT2D eigenvalue weighted by Crippen LogP contribution is -2.35. The summed E-state index contributed by atoms with van der Waals surface area (Å²) in [7, 11) is 0. The van der Waals surface area contributed by atoms with Gasteiger partial charge in [-0.1, -0.05) is 6.92 Å². The number of aliphatic hydroxyl groups excluding tert-OH is 1. The predicted molar refractivity (Wildman–Crippen MR) is 93.2 cm³/mol. The SMILES string of the molecule is CCC(=O)N1CCc2cc(C(=O)N3CCCC3CCCO)ccc21. The van der Waals surface area contributed by atoms with Crippen molar-refractivity contribution < 1.29 is 14.7 Å². The number of hydrogen-bond acceptors (Lipinski definition) is 3. The van der Waals surface area contributed by atoms with Crippen molar-refractivity contribution in [3.63, 3.8) is 0 Å². The first-order valence-electron chi connectivity index (χ1n) is 9.00. The van der Waals surface area contributed by atoms with E-state index < -0.39 is 0 Å². The van der Waals surface area contributed by atoms with E-state index in [0.29, 0.717) is 13.0 Å². The van der Waals surface area contributed by atoms with Gasteiger partial charge in [-0.25, -0.2) is 0 Å². The fraction of sp³-hybridized carbons (Fsp3) is 0.579. The largest absolute Gasteiger partial charge is 0.396 e. The van der Waals surface area contributed by atoms with E-state index in [4.69, 9.17) is 5.11 Å². The molecule has 130 valence electrons. The molecule has 1 atom stereocenters. The fourth-order valence-corrected chi connectivity index (χ4v) is 3.88. The first kappa shape index (κ1) is 17.0. The summed E-state index contributed by atoms with van der Waals surface area (Å²) in [5.74, 6) is 0.218. The fourth-order valence-electron chi connectivity index (χ4n) is 3.88. The number of anilines is 1. The number of nitrogens with zero attached hydrogens (tertiary/aromatic N) is 2. The van der Waals surface area contributed by atoms with Gasteiger partial charge in [-0.15, -0.1) is 0 Å².